The van der Waals surface area contributed by atoms with Gasteiger partial charge in [0, 0.05) is 18.9 Å². The third kappa shape index (κ3) is 2.85. The molecule has 1 aromatic heterocycles. The van der Waals surface area contributed by atoms with Crippen LogP contribution in [-0.2, 0) is 0 Å². The van der Waals surface area contributed by atoms with Crippen molar-refractivity contribution in [1.82, 2.24) is 4.98 Å². The standard InChI is InChI=1S/C14H13ClN2O2/c1-17(10-5-7-11(19-2)8-6-10)14(18)12-4-3-9-16-13(12)15/h3-9H,1-2H3. The smallest absolute Gasteiger partial charge is 0.261 e. The first kappa shape index (κ1) is 13.4. The molecule has 98 valence electrons. The van der Waals surface area contributed by atoms with E-state index in [-0.39, 0.29) is 11.1 Å². The van der Waals surface area contributed by atoms with Crippen LogP contribution in [0.3, 0.4) is 0 Å². The Labute approximate surface area is 116 Å². The highest BCUT2D eigenvalue weighted by Crippen LogP contribution is 2.21. The number of amides is 1. The Morgan fingerprint density at radius 3 is 2.53 bits per heavy atom. The van der Waals surface area contributed by atoms with Gasteiger partial charge in [0.05, 0.1) is 12.7 Å². The minimum absolute atomic E-state index is 0.202. The average molecular weight is 277 g/mol. The summed E-state index contributed by atoms with van der Waals surface area (Å²) in [5.41, 5.74) is 1.13. The molecule has 0 N–H and O–H groups in total. The lowest BCUT2D eigenvalue weighted by Gasteiger charge is -2.18. The highest BCUT2D eigenvalue weighted by molar-refractivity contribution is 6.33. The minimum Gasteiger partial charge on any atom is -0.497 e. The van der Waals surface area contributed by atoms with E-state index < -0.39 is 0 Å². The highest BCUT2D eigenvalue weighted by atomic mass is 35.5. The van der Waals surface area contributed by atoms with Gasteiger partial charge in [0.25, 0.3) is 5.91 Å². The van der Waals surface area contributed by atoms with Crippen LogP contribution in [0, 0.1) is 0 Å². The van der Waals surface area contributed by atoms with E-state index in [0.717, 1.165) is 11.4 Å². The first-order chi connectivity index (χ1) is 9.13. The molecule has 0 fully saturated rings. The summed E-state index contributed by atoms with van der Waals surface area (Å²) in [5.74, 6) is 0.535. The summed E-state index contributed by atoms with van der Waals surface area (Å²) >= 11 is 5.92. The van der Waals surface area contributed by atoms with Crippen molar-refractivity contribution in [2.75, 3.05) is 19.1 Å². The van der Waals surface area contributed by atoms with Gasteiger partial charge in [0.15, 0.2) is 0 Å². The maximum Gasteiger partial charge on any atom is 0.261 e. The second-order valence-corrected chi connectivity index (χ2v) is 4.26. The first-order valence-electron chi connectivity index (χ1n) is 5.66. The van der Waals surface area contributed by atoms with Crippen LogP contribution in [0.1, 0.15) is 10.4 Å². The lowest BCUT2D eigenvalue weighted by Crippen LogP contribution is -2.26. The molecule has 0 bridgehead atoms. The van der Waals surface area contributed by atoms with Gasteiger partial charge in [-0.25, -0.2) is 4.98 Å². The van der Waals surface area contributed by atoms with Crippen molar-refractivity contribution in [3.8, 4) is 5.75 Å². The molecule has 1 aromatic carbocycles. The summed E-state index contributed by atoms with van der Waals surface area (Å²) in [6.45, 7) is 0. The Bertz CT molecular complexity index is 584. The number of ether oxygens (including phenoxy) is 1. The Morgan fingerprint density at radius 2 is 1.95 bits per heavy atom. The molecule has 2 aromatic rings. The van der Waals surface area contributed by atoms with Gasteiger partial charge in [0.2, 0.25) is 0 Å². The van der Waals surface area contributed by atoms with Gasteiger partial charge in [-0.3, -0.25) is 4.79 Å². The number of carbonyl (C=O) groups is 1. The topological polar surface area (TPSA) is 42.4 Å². The van der Waals surface area contributed by atoms with Gasteiger partial charge in [0.1, 0.15) is 10.9 Å². The molecule has 0 aliphatic heterocycles. The molecule has 0 aliphatic rings. The number of hydrogen-bond donors (Lipinski definition) is 0. The summed E-state index contributed by atoms with van der Waals surface area (Å²) in [7, 11) is 3.28. The van der Waals surface area contributed by atoms with Gasteiger partial charge in [-0.15, -0.1) is 0 Å². The van der Waals surface area contributed by atoms with E-state index in [4.69, 9.17) is 16.3 Å². The number of aromatic nitrogens is 1. The third-order valence-corrected chi connectivity index (χ3v) is 3.06. The van der Waals surface area contributed by atoms with Crippen molar-refractivity contribution in [2.24, 2.45) is 0 Å². The van der Waals surface area contributed by atoms with Gasteiger partial charge >= 0.3 is 0 Å². The summed E-state index contributed by atoms with van der Waals surface area (Å²) in [5, 5.41) is 0.202. The maximum absolute atomic E-state index is 12.3. The predicted molar refractivity (Wildman–Crippen MR) is 75.0 cm³/mol. The van der Waals surface area contributed by atoms with Crippen LogP contribution in [0.15, 0.2) is 42.6 Å². The number of methoxy groups -OCH3 is 1. The van der Waals surface area contributed by atoms with Crippen molar-refractivity contribution >= 4 is 23.2 Å². The van der Waals surface area contributed by atoms with E-state index in [9.17, 15) is 4.79 Å². The molecule has 19 heavy (non-hydrogen) atoms. The number of anilines is 1. The zero-order valence-electron chi connectivity index (χ0n) is 10.6. The Balaban J connectivity index is 2.26. The highest BCUT2D eigenvalue weighted by Gasteiger charge is 2.16. The second-order valence-electron chi connectivity index (χ2n) is 3.90. The van der Waals surface area contributed by atoms with Crippen molar-refractivity contribution in [1.29, 1.82) is 0 Å². The van der Waals surface area contributed by atoms with Gasteiger partial charge in [-0.1, -0.05) is 11.6 Å². The Hall–Kier alpha value is -2.07. The molecule has 0 atom stereocenters. The number of nitrogens with zero attached hydrogens (tertiary/aromatic N) is 2. The van der Waals surface area contributed by atoms with Crippen molar-refractivity contribution < 1.29 is 9.53 Å². The third-order valence-electron chi connectivity index (χ3n) is 2.75. The van der Waals surface area contributed by atoms with Crippen molar-refractivity contribution in [2.45, 2.75) is 0 Å². The summed E-state index contributed by atoms with van der Waals surface area (Å²) < 4.78 is 5.08. The second kappa shape index (κ2) is 5.71. The molecule has 0 saturated carbocycles. The van der Waals surface area contributed by atoms with Crippen LogP contribution in [0.25, 0.3) is 0 Å². The molecule has 0 saturated heterocycles. The molecule has 0 unspecified atom stereocenters. The van der Waals surface area contributed by atoms with Crippen LogP contribution >= 0.6 is 11.6 Å². The molecule has 0 spiro atoms. The molecule has 0 aliphatic carbocycles. The summed E-state index contributed by atoms with van der Waals surface area (Å²) in [4.78, 5) is 17.7. The average Bonchev–Trinajstić information content (AvgIpc) is 2.46. The fourth-order valence-electron chi connectivity index (χ4n) is 1.65. The number of hydrogen-bond acceptors (Lipinski definition) is 3. The quantitative estimate of drug-likeness (QED) is 0.809. The predicted octanol–water partition coefficient (Wildman–Crippen LogP) is 3.02. The van der Waals surface area contributed by atoms with Crippen LogP contribution in [0.5, 0.6) is 5.75 Å². The molecule has 1 amide bonds. The van der Waals surface area contributed by atoms with E-state index >= 15 is 0 Å². The van der Waals surface area contributed by atoms with Gasteiger partial charge < -0.3 is 9.64 Å². The fourth-order valence-corrected chi connectivity index (χ4v) is 1.85. The van der Waals surface area contributed by atoms with Crippen LogP contribution < -0.4 is 9.64 Å². The zero-order chi connectivity index (χ0) is 13.8. The fraction of sp³-hybridized carbons (Fsp3) is 0.143. The zero-order valence-corrected chi connectivity index (χ0v) is 11.4. The maximum atomic E-state index is 12.3. The van der Waals surface area contributed by atoms with Crippen LogP contribution in [0.4, 0.5) is 5.69 Å². The summed E-state index contributed by atoms with van der Waals surface area (Å²) in [6.07, 6.45) is 1.55. The van der Waals surface area contributed by atoms with Crippen molar-refractivity contribution in [3.05, 3.63) is 53.3 Å². The largest absolute Gasteiger partial charge is 0.497 e. The van der Waals surface area contributed by atoms with E-state index in [1.165, 1.54) is 4.90 Å². The Kier molecular flexibility index (Phi) is 4.02. The van der Waals surface area contributed by atoms with E-state index in [1.54, 1.807) is 56.8 Å². The molecule has 2 rings (SSSR count). The monoisotopic (exact) mass is 276 g/mol. The molecule has 5 heteroatoms. The first-order valence-corrected chi connectivity index (χ1v) is 6.04. The van der Waals surface area contributed by atoms with Gasteiger partial charge in [-0.05, 0) is 36.4 Å². The van der Waals surface area contributed by atoms with E-state index in [0.29, 0.717) is 5.56 Å². The minimum atomic E-state index is -0.205. The normalized spacial score (nSPS) is 10.1. The van der Waals surface area contributed by atoms with E-state index in [2.05, 4.69) is 4.98 Å². The van der Waals surface area contributed by atoms with Crippen molar-refractivity contribution in [3.63, 3.8) is 0 Å². The van der Waals surface area contributed by atoms with E-state index in [1.807, 2.05) is 0 Å². The van der Waals surface area contributed by atoms with Crippen LogP contribution in [-0.4, -0.2) is 25.0 Å². The number of carbonyl (C=O) groups excluding carboxylic acids is 1. The lowest BCUT2D eigenvalue weighted by molar-refractivity contribution is 0.0993. The molecule has 0 radical (unpaired) electrons. The van der Waals surface area contributed by atoms with Crippen LogP contribution in [0.2, 0.25) is 5.15 Å². The molecular formula is C14H13ClN2O2. The number of pyridine rings is 1. The Morgan fingerprint density at radius 1 is 1.26 bits per heavy atom. The summed E-state index contributed by atoms with van der Waals surface area (Å²) in [6, 6.07) is 10.5. The molecule has 1 heterocycles. The lowest BCUT2D eigenvalue weighted by atomic mass is 10.2. The molecule has 4 nitrogen and oxygen atoms in total. The number of halogens is 1. The SMILES string of the molecule is COc1ccc(N(C)C(=O)c2cccnc2Cl)cc1. The number of rotatable bonds is 3. The number of benzene rings is 1. The molecular weight excluding hydrogens is 264 g/mol. The van der Waals surface area contributed by atoms with Gasteiger partial charge in [-0.2, -0.15) is 0 Å².